The Hall–Kier alpha value is -1.03. The predicted octanol–water partition coefficient (Wildman–Crippen LogP) is 0.879. The Morgan fingerprint density at radius 2 is 2.21 bits per heavy atom. The summed E-state index contributed by atoms with van der Waals surface area (Å²) in [6, 6.07) is 0. The largest absolute Gasteiger partial charge is 0.355 e. The second kappa shape index (κ2) is 2.73. The van der Waals surface area contributed by atoms with E-state index >= 15 is 0 Å². The maximum atomic E-state index is 11.2. The van der Waals surface area contributed by atoms with Gasteiger partial charge in [-0.15, -0.1) is 0 Å². The summed E-state index contributed by atoms with van der Waals surface area (Å²) in [5.41, 5.74) is -0.253. The monoisotopic (exact) mass is 211 g/mol. The Balaban J connectivity index is 1.96. The summed E-state index contributed by atoms with van der Waals surface area (Å²) in [7, 11) is 0. The number of hydrogen-bond donors (Lipinski definition) is 1. The molecule has 2 heterocycles. The summed E-state index contributed by atoms with van der Waals surface area (Å²) in [5.74, 6) is 2.27. The Morgan fingerprint density at radius 3 is 2.93 bits per heavy atom. The van der Waals surface area contributed by atoms with Crippen molar-refractivity contribution < 1.29 is 0 Å². The second-order valence-corrected chi connectivity index (χ2v) is 4.41. The number of fused-ring (bicyclic) bond motifs is 1. The molecule has 14 heavy (non-hydrogen) atoms. The third-order valence-electron chi connectivity index (χ3n) is 3.06. The van der Waals surface area contributed by atoms with Gasteiger partial charge >= 0.3 is 0 Å². The summed E-state index contributed by atoms with van der Waals surface area (Å²) in [5, 5.41) is 0.216. The molecule has 2 unspecified atom stereocenters. The maximum Gasteiger partial charge on any atom is 0.271 e. The number of nitrogens with zero attached hydrogens (tertiary/aromatic N) is 2. The van der Waals surface area contributed by atoms with Crippen molar-refractivity contribution in [3.63, 3.8) is 0 Å². The molecule has 1 aliphatic carbocycles. The predicted molar refractivity (Wildman–Crippen MR) is 53.7 cm³/mol. The average molecular weight is 212 g/mol. The zero-order valence-corrected chi connectivity index (χ0v) is 8.29. The van der Waals surface area contributed by atoms with Crippen molar-refractivity contribution in [2.45, 2.75) is 6.42 Å². The van der Waals surface area contributed by atoms with Crippen LogP contribution in [-0.2, 0) is 0 Å². The highest BCUT2D eigenvalue weighted by Gasteiger charge is 2.45. The van der Waals surface area contributed by atoms with Crippen molar-refractivity contribution in [1.29, 1.82) is 0 Å². The molecule has 5 heteroatoms. The molecule has 0 radical (unpaired) electrons. The van der Waals surface area contributed by atoms with E-state index in [0.717, 1.165) is 24.9 Å². The van der Waals surface area contributed by atoms with Gasteiger partial charge < -0.3 is 9.88 Å². The van der Waals surface area contributed by atoms with Crippen LogP contribution in [0.15, 0.2) is 11.1 Å². The lowest BCUT2D eigenvalue weighted by atomic mass is 10.4. The van der Waals surface area contributed by atoms with E-state index in [1.165, 1.54) is 12.7 Å². The molecule has 1 aliphatic heterocycles. The van der Waals surface area contributed by atoms with Crippen molar-refractivity contribution in [1.82, 2.24) is 9.97 Å². The second-order valence-electron chi connectivity index (χ2n) is 4.03. The zero-order chi connectivity index (χ0) is 9.71. The van der Waals surface area contributed by atoms with Crippen LogP contribution in [0.5, 0.6) is 0 Å². The van der Waals surface area contributed by atoms with Gasteiger partial charge in [0.1, 0.15) is 5.02 Å². The standard InChI is InChI=1S/C9H10ClN3O/c10-7-8(11-4-12-9(7)14)13-2-5-1-6(5)3-13/h4-6H,1-3H2,(H,11,12,14). The number of piperidine rings is 1. The molecule has 4 nitrogen and oxygen atoms in total. The lowest BCUT2D eigenvalue weighted by molar-refractivity contribution is 0.801. The number of rotatable bonds is 1. The quantitative estimate of drug-likeness (QED) is 0.750. The molecule has 1 aromatic heterocycles. The van der Waals surface area contributed by atoms with Crippen molar-refractivity contribution in [3.8, 4) is 0 Å². The molecule has 0 aromatic carbocycles. The zero-order valence-electron chi connectivity index (χ0n) is 7.53. The molecule has 0 amide bonds. The number of H-pyrrole nitrogens is 1. The fourth-order valence-electron chi connectivity index (χ4n) is 2.17. The van der Waals surface area contributed by atoms with Crippen LogP contribution in [0.2, 0.25) is 5.02 Å². The van der Waals surface area contributed by atoms with Gasteiger partial charge in [0.15, 0.2) is 5.82 Å². The molecule has 1 N–H and O–H groups in total. The summed E-state index contributed by atoms with van der Waals surface area (Å²) < 4.78 is 0. The topological polar surface area (TPSA) is 49.0 Å². The smallest absolute Gasteiger partial charge is 0.271 e. The van der Waals surface area contributed by atoms with Crippen molar-refractivity contribution in [2.24, 2.45) is 11.8 Å². The van der Waals surface area contributed by atoms with Crippen LogP contribution in [0.3, 0.4) is 0 Å². The highest BCUT2D eigenvalue weighted by molar-refractivity contribution is 6.32. The molecule has 1 saturated heterocycles. The molecule has 2 aliphatic rings. The van der Waals surface area contributed by atoms with Crippen LogP contribution in [0.4, 0.5) is 5.82 Å². The molecular formula is C9H10ClN3O. The van der Waals surface area contributed by atoms with Crippen LogP contribution in [0.25, 0.3) is 0 Å². The number of halogens is 1. The fraction of sp³-hybridized carbons (Fsp3) is 0.556. The Morgan fingerprint density at radius 1 is 1.50 bits per heavy atom. The normalized spacial score (nSPS) is 29.1. The van der Waals surface area contributed by atoms with E-state index in [9.17, 15) is 4.79 Å². The van der Waals surface area contributed by atoms with E-state index in [2.05, 4.69) is 14.9 Å². The van der Waals surface area contributed by atoms with E-state index in [1.54, 1.807) is 0 Å². The van der Waals surface area contributed by atoms with Gasteiger partial charge in [0, 0.05) is 13.1 Å². The summed E-state index contributed by atoms with van der Waals surface area (Å²) in [6.45, 7) is 2.00. The minimum absolute atomic E-state index is 0.216. The molecule has 0 spiro atoms. The van der Waals surface area contributed by atoms with Gasteiger partial charge in [-0.1, -0.05) is 11.6 Å². The molecule has 2 fully saturated rings. The van der Waals surface area contributed by atoms with E-state index < -0.39 is 0 Å². The van der Waals surface area contributed by atoms with Gasteiger partial charge in [-0.25, -0.2) is 4.98 Å². The SMILES string of the molecule is O=c1[nH]cnc(N2CC3CC3C2)c1Cl. The molecular weight excluding hydrogens is 202 g/mol. The Labute approximate surface area is 85.9 Å². The minimum Gasteiger partial charge on any atom is -0.355 e. The first-order chi connectivity index (χ1) is 6.75. The van der Waals surface area contributed by atoms with E-state index in [4.69, 9.17) is 11.6 Å². The molecule has 1 saturated carbocycles. The fourth-order valence-corrected chi connectivity index (χ4v) is 2.39. The summed E-state index contributed by atoms with van der Waals surface area (Å²) >= 11 is 5.89. The Bertz CT molecular complexity index is 420. The van der Waals surface area contributed by atoms with Gasteiger partial charge in [0.25, 0.3) is 5.56 Å². The van der Waals surface area contributed by atoms with Crippen molar-refractivity contribution in [2.75, 3.05) is 18.0 Å². The van der Waals surface area contributed by atoms with Crippen LogP contribution in [0.1, 0.15) is 6.42 Å². The highest BCUT2D eigenvalue weighted by atomic mass is 35.5. The average Bonchev–Trinajstić information content (AvgIpc) is 2.78. The molecule has 3 rings (SSSR count). The van der Waals surface area contributed by atoms with E-state index in [1.807, 2.05) is 0 Å². The van der Waals surface area contributed by atoms with Crippen LogP contribution >= 0.6 is 11.6 Å². The molecule has 1 aromatic rings. The van der Waals surface area contributed by atoms with Gasteiger partial charge in [0.2, 0.25) is 0 Å². The number of nitrogens with one attached hydrogen (secondary N) is 1. The van der Waals surface area contributed by atoms with Gasteiger partial charge in [-0.05, 0) is 18.3 Å². The van der Waals surface area contributed by atoms with Gasteiger partial charge in [0.05, 0.1) is 6.33 Å². The van der Waals surface area contributed by atoms with Gasteiger partial charge in [-0.2, -0.15) is 0 Å². The van der Waals surface area contributed by atoms with Crippen LogP contribution < -0.4 is 10.5 Å². The Kier molecular flexibility index (Phi) is 1.62. The molecule has 2 atom stereocenters. The first kappa shape index (κ1) is 8.29. The van der Waals surface area contributed by atoms with Crippen molar-refractivity contribution in [3.05, 3.63) is 21.7 Å². The lowest BCUT2D eigenvalue weighted by Gasteiger charge is -2.19. The molecule has 74 valence electrons. The number of hydrogen-bond acceptors (Lipinski definition) is 3. The van der Waals surface area contributed by atoms with E-state index in [-0.39, 0.29) is 10.6 Å². The summed E-state index contributed by atoms with van der Waals surface area (Å²) in [4.78, 5) is 19.9. The molecule has 0 bridgehead atoms. The number of anilines is 1. The summed E-state index contributed by atoms with van der Waals surface area (Å²) in [6.07, 6.45) is 2.74. The maximum absolute atomic E-state index is 11.2. The number of aromatic amines is 1. The van der Waals surface area contributed by atoms with Crippen molar-refractivity contribution >= 4 is 17.4 Å². The third-order valence-corrected chi connectivity index (χ3v) is 3.40. The first-order valence-electron chi connectivity index (χ1n) is 4.74. The highest BCUT2D eigenvalue weighted by Crippen LogP contribution is 2.46. The number of aromatic nitrogens is 2. The van der Waals surface area contributed by atoms with Crippen LogP contribution in [-0.4, -0.2) is 23.1 Å². The van der Waals surface area contributed by atoms with E-state index in [0.29, 0.717) is 5.82 Å². The minimum atomic E-state index is -0.253. The van der Waals surface area contributed by atoms with Gasteiger partial charge in [-0.3, -0.25) is 4.79 Å². The van der Waals surface area contributed by atoms with Crippen LogP contribution in [0, 0.1) is 11.8 Å². The lowest BCUT2D eigenvalue weighted by Crippen LogP contribution is -2.25. The third kappa shape index (κ3) is 1.14. The first-order valence-corrected chi connectivity index (χ1v) is 5.11.